The molecule has 0 amide bonds. The van der Waals surface area contributed by atoms with Crippen LogP contribution in [0.5, 0.6) is 0 Å². The maximum atomic E-state index is 10.9. The van der Waals surface area contributed by atoms with Crippen molar-refractivity contribution in [2.75, 3.05) is 18.0 Å². The molecule has 22 heavy (non-hydrogen) atoms. The number of anilines is 1. The molecule has 1 aliphatic heterocycles. The molecule has 0 bridgehead atoms. The number of β-amino-alcohol motifs (C(OH)–C–C–N with tert-alkyl or cyclic N) is 1. The number of hydrogen-bond acceptors (Lipinski definition) is 6. The normalized spacial score (nSPS) is 21.3. The predicted molar refractivity (Wildman–Crippen MR) is 80.1 cm³/mol. The number of aliphatic hydroxyl groups is 1. The van der Waals surface area contributed by atoms with Gasteiger partial charge in [-0.05, 0) is 26.0 Å². The average molecular weight is 298 g/mol. The number of nitrogens with zero attached hydrogens (tertiary/aromatic N) is 6. The van der Waals surface area contributed by atoms with E-state index in [9.17, 15) is 5.11 Å². The second-order valence-electron chi connectivity index (χ2n) is 5.90. The third-order valence-corrected chi connectivity index (χ3v) is 3.96. The van der Waals surface area contributed by atoms with Crippen molar-refractivity contribution < 1.29 is 5.11 Å². The summed E-state index contributed by atoms with van der Waals surface area (Å²) < 4.78 is 1.75. The third kappa shape index (κ3) is 2.53. The minimum absolute atomic E-state index is 0.211. The van der Waals surface area contributed by atoms with Gasteiger partial charge in [0, 0.05) is 25.2 Å². The van der Waals surface area contributed by atoms with Gasteiger partial charge >= 0.3 is 0 Å². The van der Waals surface area contributed by atoms with Gasteiger partial charge in [0.15, 0.2) is 0 Å². The minimum Gasteiger partial charge on any atom is -0.381 e. The van der Waals surface area contributed by atoms with Crippen LogP contribution >= 0.6 is 0 Å². The lowest BCUT2D eigenvalue weighted by molar-refractivity contribution is 0.0559. The van der Waals surface area contributed by atoms with Gasteiger partial charge in [-0.1, -0.05) is 5.21 Å². The Morgan fingerprint density at radius 3 is 2.82 bits per heavy atom. The Hall–Kier alpha value is -2.46. The van der Waals surface area contributed by atoms with Crippen molar-refractivity contribution in [1.29, 1.82) is 5.26 Å². The van der Waals surface area contributed by atoms with Crippen LogP contribution in [0, 0.1) is 11.3 Å². The Labute approximate surface area is 128 Å². The van der Waals surface area contributed by atoms with Crippen molar-refractivity contribution in [3.05, 3.63) is 35.8 Å². The smallest absolute Gasteiger partial charge is 0.129 e. The van der Waals surface area contributed by atoms with Crippen molar-refractivity contribution in [2.45, 2.75) is 31.9 Å². The maximum absolute atomic E-state index is 10.9. The van der Waals surface area contributed by atoms with Crippen LogP contribution < -0.4 is 4.90 Å². The second kappa shape index (κ2) is 5.39. The van der Waals surface area contributed by atoms with Crippen LogP contribution in [0.15, 0.2) is 24.5 Å². The summed E-state index contributed by atoms with van der Waals surface area (Å²) in [7, 11) is 0. The standard InChI is InChI=1S/C15H18N6O/c1-11(2)21-9-13(18-19-21)15(22)5-6-20(10-15)14-4-3-12(7-16)8-17-14/h3-4,8-9,11,22H,5-6,10H2,1-2H3/t15-/m1/s1. The number of pyridine rings is 1. The fraction of sp³-hybridized carbons (Fsp3) is 0.467. The average Bonchev–Trinajstić information content (AvgIpc) is 3.15. The zero-order chi connectivity index (χ0) is 15.7. The molecule has 0 saturated carbocycles. The molecule has 1 aliphatic rings. The van der Waals surface area contributed by atoms with Crippen LogP contribution in [0.3, 0.4) is 0 Å². The molecule has 0 aromatic carbocycles. The molecule has 114 valence electrons. The zero-order valence-electron chi connectivity index (χ0n) is 12.6. The van der Waals surface area contributed by atoms with Crippen LogP contribution in [0.2, 0.25) is 0 Å². The molecular formula is C15H18N6O. The highest BCUT2D eigenvalue weighted by molar-refractivity contribution is 5.44. The van der Waals surface area contributed by atoms with Crippen molar-refractivity contribution in [2.24, 2.45) is 0 Å². The highest BCUT2D eigenvalue weighted by Crippen LogP contribution is 2.32. The highest BCUT2D eigenvalue weighted by Gasteiger charge is 2.40. The van der Waals surface area contributed by atoms with Crippen LogP contribution in [0.4, 0.5) is 5.82 Å². The number of rotatable bonds is 3. The molecule has 1 saturated heterocycles. The first kappa shape index (κ1) is 14.5. The van der Waals surface area contributed by atoms with E-state index in [4.69, 9.17) is 5.26 Å². The lowest BCUT2D eigenvalue weighted by Crippen LogP contribution is -2.31. The van der Waals surface area contributed by atoms with Gasteiger partial charge < -0.3 is 10.0 Å². The molecule has 0 radical (unpaired) electrons. The van der Waals surface area contributed by atoms with Crippen LogP contribution in [-0.4, -0.2) is 38.2 Å². The Morgan fingerprint density at radius 2 is 2.23 bits per heavy atom. The van der Waals surface area contributed by atoms with Crippen LogP contribution in [0.1, 0.15) is 37.6 Å². The second-order valence-corrected chi connectivity index (χ2v) is 5.90. The van der Waals surface area contributed by atoms with E-state index in [1.807, 2.05) is 24.8 Å². The van der Waals surface area contributed by atoms with Crippen LogP contribution in [0.25, 0.3) is 0 Å². The highest BCUT2D eigenvalue weighted by atomic mass is 16.3. The first-order valence-corrected chi connectivity index (χ1v) is 7.27. The number of hydrogen-bond donors (Lipinski definition) is 1. The topological polar surface area (TPSA) is 90.9 Å². The van der Waals surface area contributed by atoms with E-state index in [2.05, 4.69) is 15.3 Å². The van der Waals surface area contributed by atoms with E-state index < -0.39 is 5.60 Å². The van der Waals surface area contributed by atoms with Gasteiger partial charge in [-0.2, -0.15) is 5.26 Å². The first-order chi connectivity index (χ1) is 10.5. The number of aromatic nitrogens is 4. The van der Waals surface area contributed by atoms with E-state index in [1.165, 1.54) is 0 Å². The summed E-state index contributed by atoms with van der Waals surface area (Å²) in [6, 6.07) is 5.79. The fourth-order valence-corrected chi connectivity index (χ4v) is 2.58. The molecule has 1 atom stereocenters. The lowest BCUT2D eigenvalue weighted by Gasteiger charge is -2.21. The largest absolute Gasteiger partial charge is 0.381 e. The molecular weight excluding hydrogens is 280 g/mol. The Kier molecular flexibility index (Phi) is 3.54. The van der Waals surface area contributed by atoms with Gasteiger partial charge in [0.25, 0.3) is 0 Å². The predicted octanol–water partition coefficient (Wildman–Crippen LogP) is 1.22. The molecule has 1 fully saturated rings. The molecule has 3 heterocycles. The summed E-state index contributed by atoms with van der Waals surface area (Å²) in [5.74, 6) is 0.756. The van der Waals surface area contributed by atoms with Crippen molar-refractivity contribution >= 4 is 5.82 Å². The summed E-state index contributed by atoms with van der Waals surface area (Å²) in [6.07, 6.45) is 3.92. The quantitative estimate of drug-likeness (QED) is 0.916. The van der Waals surface area contributed by atoms with Crippen molar-refractivity contribution in [3.63, 3.8) is 0 Å². The molecule has 0 spiro atoms. The first-order valence-electron chi connectivity index (χ1n) is 7.27. The lowest BCUT2D eigenvalue weighted by atomic mass is 10.00. The Bertz CT molecular complexity index is 702. The molecule has 2 aromatic heterocycles. The SMILES string of the molecule is CC(C)n1cc([C@@]2(O)CCN(c3ccc(C#N)cn3)C2)nn1. The van der Waals surface area contributed by atoms with E-state index in [0.717, 1.165) is 5.82 Å². The molecule has 2 aromatic rings. The van der Waals surface area contributed by atoms with Gasteiger partial charge in [0.05, 0.1) is 18.3 Å². The molecule has 0 aliphatic carbocycles. The molecule has 7 heteroatoms. The van der Waals surface area contributed by atoms with Crippen molar-refractivity contribution in [3.8, 4) is 6.07 Å². The monoisotopic (exact) mass is 298 g/mol. The van der Waals surface area contributed by atoms with Gasteiger partial charge in [-0.15, -0.1) is 5.10 Å². The molecule has 0 unspecified atom stereocenters. The molecule has 7 nitrogen and oxygen atoms in total. The Balaban J connectivity index is 1.78. The Morgan fingerprint density at radius 1 is 1.41 bits per heavy atom. The minimum atomic E-state index is -1.01. The van der Waals surface area contributed by atoms with E-state index >= 15 is 0 Å². The van der Waals surface area contributed by atoms with Crippen LogP contribution in [-0.2, 0) is 5.60 Å². The van der Waals surface area contributed by atoms with Gasteiger partial charge in [0.2, 0.25) is 0 Å². The molecule has 1 N–H and O–H groups in total. The van der Waals surface area contributed by atoms with E-state index in [1.54, 1.807) is 29.2 Å². The van der Waals surface area contributed by atoms with Gasteiger partial charge in [-0.25, -0.2) is 9.67 Å². The van der Waals surface area contributed by atoms with Gasteiger partial charge in [-0.3, -0.25) is 0 Å². The number of nitriles is 1. The van der Waals surface area contributed by atoms with E-state index in [0.29, 0.717) is 30.8 Å². The van der Waals surface area contributed by atoms with E-state index in [-0.39, 0.29) is 6.04 Å². The fourth-order valence-electron chi connectivity index (χ4n) is 2.58. The van der Waals surface area contributed by atoms with Gasteiger partial charge in [0.1, 0.15) is 23.2 Å². The zero-order valence-corrected chi connectivity index (χ0v) is 12.6. The maximum Gasteiger partial charge on any atom is 0.129 e. The van der Waals surface area contributed by atoms with Crippen molar-refractivity contribution in [1.82, 2.24) is 20.0 Å². The summed E-state index contributed by atoms with van der Waals surface area (Å²) >= 11 is 0. The molecule has 3 rings (SSSR count). The summed E-state index contributed by atoms with van der Waals surface area (Å²) in [6.45, 7) is 5.14. The summed E-state index contributed by atoms with van der Waals surface area (Å²) in [5, 5.41) is 27.8. The summed E-state index contributed by atoms with van der Waals surface area (Å²) in [5.41, 5.74) is 0.110. The summed E-state index contributed by atoms with van der Waals surface area (Å²) in [4.78, 5) is 6.27. The third-order valence-electron chi connectivity index (χ3n) is 3.96.